The number of anilines is 1. The van der Waals surface area contributed by atoms with Gasteiger partial charge >= 0.3 is 12.4 Å². The van der Waals surface area contributed by atoms with Crippen LogP contribution in [0.5, 0.6) is 0 Å². The average Bonchev–Trinajstić information content (AvgIpc) is 3.35. The third-order valence-electron chi connectivity index (χ3n) is 5.47. The zero-order chi connectivity index (χ0) is 21.0. The molecule has 3 heterocycles. The van der Waals surface area contributed by atoms with Gasteiger partial charge in [-0.3, -0.25) is 0 Å². The zero-order valence-corrected chi connectivity index (χ0v) is 15.6. The Morgan fingerprint density at radius 3 is 2.48 bits per heavy atom. The van der Waals surface area contributed by atoms with E-state index in [1.54, 1.807) is 0 Å². The van der Waals surface area contributed by atoms with Gasteiger partial charge in [-0.05, 0) is 43.9 Å². The van der Waals surface area contributed by atoms with E-state index < -0.39 is 35.6 Å². The maximum absolute atomic E-state index is 13.6. The van der Waals surface area contributed by atoms with Crippen LogP contribution in [0.3, 0.4) is 0 Å². The van der Waals surface area contributed by atoms with E-state index >= 15 is 0 Å². The number of hydrogen-bond acceptors (Lipinski definition) is 3. The minimum absolute atomic E-state index is 0.0181. The highest BCUT2D eigenvalue weighted by molar-refractivity contribution is 5.94. The van der Waals surface area contributed by atoms with E-state index in [4.69, 9.17) is 0 Å². The molecule has 2 N–H and O–H groups in total. The maximum Gasteiger partial charge on any atom is 0.419 e. The first-order valence-corrected chi connectivity index (χ1v) is 9.34. The number of H-pyrrole nitrogens is 1. The number of aromatic amines is 1. The van der Waals surface area contributed by atoms with Gasteiger partial charge in [0, 0.05) is 30.4 Å². The van der Waals surface area contributed by atoms with Crippen LogP contribution in [-0.2, 0) is 6.18 Å². The van der Waals surface area contributed by atoms with E-state index in [2.05, 4.69) is 20.2 Å². The van der Waals surface area contributed by atoms with Crippen LogP contribution in [0, 0.1) is 5.92 Å². The van der Waals surface area contributed by atoms with Gasteiger partial charge in [-0.15, -0.1) is 0 Å². The number of nitrogens with one attached hydrogen (secondary N) is 2. The molecule has 10 heteroatoms. The van der Waals surface area contributed by atoms with Crippen LogP contribution in [0.1, 0.15) is 30.5 Å². The van der Waals surface area contributed by atoms with Crippen molar-refractivity contribution in [2.75, 3.05) is 25.5 Å². The lowest BCUT2D eigenvalue weighted by Crippen LogP contribution is -2.38. The Labute approximate surface area is 163 Å². The number of alkyl halides is 6. The highest BCUT2D eigenvalue weighted by Gasteiger charge is 2.50. The predicted molar refractivity (Wildman–Crippen MR) is 97.4 cm³/mol. The number of halogens is 6. The molecular weight excluding hydrogens is 398 g/mol. The molecule has 1 aliphatic carbocycles. The van der Waals surface area contributed by atoms with Crippen LogP contribution >= 0.6 is 0 Å². The highest BCUT2D eigenvalue weighted by Crippen LogP contribution is 2.45. The van der Waals surface area contributed by atoms with Crippen molar-refractivity contribution in [3.8, 4) is 0 Å². The second kappa shape index (κ2) is 6.93. The molecule has 0 bridgehead atoms. The number of fused-ring (bicyclic) bond motifs is 1. The third-order valence-corrected chi connectivity index (χ3v) is 5.47. The first-order chi connectivity index (χ1) is 13.5. The summed E-state index contributed by atoms with van der Waals surface area (Å²) >= 11 is 0. The molecule has 0 unspecified atom stereocenters. The fourth-order valence-corrected chi connectivity index (χ4v) is 3.69. The minimum Gasteiger partial charge on any atom is -0.373 e. The molecule has 0 amide bonds. The third kappa shape index (κ3) is 4.08. The standard InChI is InChI=1S/C19H20F6N4/c1-29-6-4-10(5-7-29)14-8-12-15(28-16(11-2-3-11)19(23,24)25)13(18(20,21)22)9-26-17(12)27-14/h4,8-9,11,16H,2-3,5-7H2,1H3,(H2,26,27,28)/t16-/m1/s1. The molecule has 1 saturated carbocycles. The Balaban J connectivity index is 1.81. The van der Waals surface area contributed by atoms with E-state index in [0.717, 1.165) is 12.1 Å². The molecule has 0 spiro atoms. The van der Waals surface area contributed by atoms with Crippen molar-refractivity contribution in [1.82, 2.24) is 14.9 Å². The molecule has 0 radical (unpaired) electrons. The van der Waals surface area contributed by atoms with Crippen molar-refractivity contribution in [2.45, 2.75) is 37.7 Å². The van der Waals surface area contributed by atoms with Gasteiger partial charge in [-0.2, -0.15) is 26.3 Å². The second-order valence-electron chi connectivity index (χ2n) is 7.73. The molecule has 1 aliphatic heterocycles. The Morgan fingerprint density at radius 1 is 1.21 bits per heavy atom. The summed E-state index contributed by atoms with van der Waals surface area (Å²) in [6.45, 7) is 1.47. The average molecular weight is 418 g/mol. The van der Waals surface area contributed by atoms with Gasteiger partial charge in [0.2, 0.25) is 0 Å². The van der Waals surface area contributed by atoms with E-state index in [1.807, 2.05) is 13.1 Å². The lowest BCUT2D eigenvalue weighted by atomic mass is 10.0. The molecule has 0 saturated heterocycles. The smallest absolute Gasteiger partial charge is 0.373 e. The normalized spacial score (nSPS) is 20.0. The summed E-state index contributed by atoms with van der Waals surface area (Å²) in [7, 11) is 1.95. The van der Waals surface area contributed by atoms with Crippen LogP contribution in [0.4, 0.5) is 32.0 Å². The van der Waals surface area contributed by atoms with Gasteiger partial charge in [0.1, 0.15) is 11.7 Å². The van der Waals surface area contributed by atoms with Crippen LogP contribution in [0.2, 0.25) is 0 Å². The maximum atomic E-state index is 13.6. The molecule has 4 nitrogen and oxygen atoms in total. The largest absolute Gasteiger partial charge is 0.419 e. The van der Waals surface area contributed by atoms with E-state index in [1.165, 1.54) is 6.07 Å². The number of nitrogens with zero attached hydrogens (tertiary/aromatic N) is 2. The molecule has 29 heavy (non-hydrogen) atoms. The summed E-state index contributed by atoms with van der Waals surface area (Å²) < 4.78 is 81.1. The number of aromatic nitrogens is 2. The quantitative estimate of drug-likeness (QED) is 0.683. The van der Waals surface area contributed by atoms with Crippen molar-refractivity contribution >= 4 is 22.3 Å². The molecule has 2 aromatic rings. The number of likely N-dealkylation sites (N-methyl/N-ethyl adjacent to an activating group) is 1. The summed E-state index contributed by atoms with van der Waals surface area (Å²) in [6.07, 6.45) is -5.56. The summed E-state index contributed by atoms with van der Waals surface area (Å²) in [5, 5.41) is 2.21. The van der Waals surface area contributed by atoms with E-state index in [9.17, 15) is 26.3 Å². The minimum atomic E-state index is -4.83. The van der Waals surface area contributed by atoms with E-state index in [-0.39, 0.29) is 11.0 Å². The molecule has 1 fully saturated rings. The van der Waals surface area contributed by atoms with Gasteiger partial charge in [0.15, 0.2) is 0 Å². The molecular formula is C19H20F6N4. The van der Waals surface area contributed by atoms with Crippen molar-refractivity contribution in [2.24, 2.45) is 5.92 Å². The molecule has 2 aromatic heterocycles. The van der Waals surface area contributed by atoms with Crippen LogP contribution in [0.25, 0.3) is 16.6 Å². The van der Waals surface area contributed by atoms with Gasteiger partial charge in [-0.1, -0.05) is 6.08 Å². The highest BCUT2D eigenvalue weighted by atomic mass is 19.4. The van der Waals surface area contributed by atoms with Crippen LogP contribution in [0.15, 0.2) is 18.3 Å². The number of rotatable bonds is 4. The monoisotopic (exact) mass is 418 g/mol. The van der Waals surface area contributed by atoms with Gasteiger partial charge < -0.3 is 15.2 Å². The molecule has 158 valence electrons. The zero-order valence-electron chi connectivity index (χ0n) is 15.6. The summed E-state index contributed by atoms with van der Waals surface area (Å²) in [5.41, 5.74) is -0.129. The van der Waals surface area contributed by atoms with Crippen LogP contribution < -0.4 is 5.32 Å². The SMILES string of the molecule is CN1CC=C(c2cc3c(N[C@H](C4CC4)C(F)(F)F)c(C(F)(F)F)cnc3[nH]2)CC1. The van der Waals surface area contributed by atoms with Crippen molar-refractivity contribution in [1.29, 1.82) is 0 Å². The van der Waals surface area contributed by atoms with Gasteiger partial charge in [-0.25, -0.2) is 4.98 Å². The topological polar surface area (TPSA) is 44.0 Å². The Kier molecular flexibility index (Phi) is 4.79. The Morgan fingerprint density at radius 2 is 1.93 bits per heavy atom. The fourth-order valence-electron chi connectivity index (χ4n) is 3.69. The lowest BCUT2D eigenvalue weighted by Gasteiger charge is -2.25. The molecule has 2 aliphatic rings. The Hall–Kier alpha value is -2.23. The Bertz CT molecular complexity index is 939. The lowest BCUT2D eigenvalue weighted by molar-refractivity contribution is -0.148. The second-order valence-corrected chi connectivity index (χ2v) is 7.73. The van der Waals surface area contributed by atoms with Crippen molar-refractivity contribution < 1.29 is 26.3 Å². The number of hydrogen-bond donors (Lipinski definition) is 2. The summed E-state index contributed by atoms with van der Waals surface area (Å²) in [5.74, 6) is -0.714. The van der Waals surface area contributed by atoms with Crippen LogP contribution in [-0.4, -0.2) is 47.2 Å². The van der Waals surface area contributed by atoms with Crippen molar-refractivity contribution in [3.05, 3.63) is 29.6 Å². The van der Waals surface area contributed by atoms with Crippen molar-refractivity contribution in [3.63, 3.8) is 0 Å². The summed E-state index contributed by atoms with van der Waals surface area (Å²) in [4.78, 5) is 8.89. The predicted octanol–water partition coefficient (Wildman–Crippen LogP) is 5.05. The molecule has 0 aromatic carbocycles. The van der Waals surface area contributed by atoms with E-state index in [0.29, 0.717) is 37.7 Å². The molecule has 4 rings (SSSR count). The number of pyridine rings is 1. The first kappa shape index (κ1) is 20.1. The summed E-state index contributed by atoms with van der Waals surface area (Å²) in [6, 6.07) is -0.549. The fraction of sp³-hybridized carbons (Fsp3) is 0.526. The molecule has 1 atom stereocenters. The van der Waals surface area contributed by atoms with Gasteiger partial charge in [0.25, 0.3) is 0 Å². The van der Waals surface area contributed by atoms with Gasteiger partial charge in [0.05, 0.1) is 11.3 Å². The first-order valence-electron chi connectivity index (χ1n) is 9.34.